The van der Waals surface area contributed by atoms with E-state index in [1.807, 2.05) is 6.92 Å². The molecule has 0 aromatic heterocycles. The van der Waals surface area contributed by atoms with E-state index in [0.29, 0.717) is 5.56 Å². The summed E-state index contributed by atoms with van der Waals surface area (Å²) in [6.07, 6.45) is 5.59. The van der Waals surface area contributed by atoms with Crippen molar-refractivity contribution < 1.29 is 9.18 Å². The molecule has 3 nitrogen and oxygen atoms in total. The van der Waals surface area contributed by atoms with Gasteiger partial charge in [-0.05, 0) is 25.8 Å². The maximum Gasteiger partial charge on any atom is 0.239 e. The van der Waals surface area contributed by atoms with Crippen molar-refractivity contribution in [3.8, 4) is 0 Å². The monoisotopic (exact) mass is 264 g/mol. The summed E-state index contributed by atoms with van der Waals surface area (Å²) in [4.78, 5) is 11.6. The van der Waals surface area contributed by atoms with Crippen molar-refractivity contribution in [1.82, 2.24) is 5.32 Å². The Balaban J connectivity index is 2.19. The van der Waals surface area contributed by atoms with E-state index in [1.165, 1.54) is 12.5 Å². The summed E-state index contributed by atoms with van der Waals surface area (Å²) in [5.74, 6) is -0.896. The largest absolute Gasteiger partial charge is 0.368 e. The van der Waals surface area contributed by atoms with Gasteiger partial charge in [-0.2, -0.15) is 0 Å². The van der Waals surface area contributed by atoms with Crippen LogP contribution in [0.3, 0.4) is 0 Å². The zero-order valence-electron chi connectivity index (χ0n) is 11.3. The summed E-state index contributed by atoms with van der Waals surface area (Å²) in [5, 5.41) is 3.23. The van der Waals surface area contributed by atoms with Gasteiger partial charge in [0, 0.05) is 11.6 Å². The summed E-state index contributed by atoms with van der Waals surface area (Å²) < 4.78 is 13.9. The summed E-state index contributed by atoms with van der Waals surface area (Å²) in [6.45, 7) is 1.88. The lowest BCUT2D eigenvalue weighted by molar-refractivity contribution is -0.120. The molecule has 0 spiro atoms. The number of halogens is 1. The fourth-order valence-electron chi connectivity index (χ4n) is 2.71. The Morgan fingerprint density at radius 1 is 1.37 bits per heavy atom. The Hall–Kier alpha value is -1.42. The lowest BCUT2D eigenvalue weighted by Crippen LogP contribution is -2.41. The fraction of sp³-hybridized carbons (Fsp3) is 0.533. The molecule has 1 aliphatic rings. The van der Waals surface area contributed by atoms with Gasteiger partial charge in [-0.3, -0.25) is 10.1 Å². The fourth-order valence-corrected chi connectivity index (χ4v) is 2.71. The zero-order chi connectivity index (χ0) is 13.8. The van der Waals surface area contributed by atoms with Crippen LogP contribution in [0.1, 0.15) is 49.3 Å². The third kappa shape index (κ3) is 3.53. The van der Waals surface area contributed by atoms with E-state index in [9.17, 15) is 9.18 Å². The van der Waals surface area contributed by atoms with E-state index >= 15 is 0 Å². The molecule has 1 atom stereocenters. The van der Waals surface area contributed by atoms with Crippen LogP contribution >= 0.6 is 0 Å². The summed E-state index contributed by atoms with van der Waals surface area (Å²) in [5.41, 5.74) is 6.72. The molecule has 4 heteroatoms. The molecular weight excluding hydrogens is 243 g/mol. The molecule has 1 saturated carbocycles. The van der Waals surface area contributed by atoms with Crippen molar-refractivity contribution in [3.63, 3.8) is 0 Å². The summed E-state index contributed by atoms with van der Waals surface area (Å²) in [6, 6.07) is 4.30. The molecule has 1 aromatic carbocycles. The predicted molar refractivity (Wildman–Crippen MR) is 73.1 cm³/mol. The molecule has 0 radical (unpaired) electrons. The van der Waals surface area contributed by atoms with Gasteiger partial charge in [0.2, 0.25) is 5.91 Å². The first-order chi connectivity index (χ1) is 9.08. The van der Waals surface area contributed by atoms with E-state index in [4.69, 9.17) is 5.73 Å². The third-order valence-corrected chi connectivity index (χ3v) is 3.75. The number of aryl methyl sites for hydroxylation is 1. The van der Waals surface area contributed by atoms with Crippen LogP contribution < -0.4 is 11.1 Å². The first-order valence-electron chi connectivity index (χ1n) is 6.89. The summed E-state index contributed by atoms with van der Waals surface area (Å²) in [7, 11) is 0. The van der Waals surface area contributed by atoms with Crippen molar-refractivity contribution in [2.45, 2.75) is 51.1 Å². The smallest absolute Gasteiger partial charge is 0.239 e. The average Bonchev–Trinajstić information content (AvgIpc) is 2.40. The van der Waals surface area contributed by atoms with Crippen molar-refractivity contribution in [3.05, 3.63) is 35.1 Å². The Bertz CT molecular complexity index is 455. The van der Waals surface area contributed by atoms with Gasteiger partial charge in [0.15, 0.2) is 0 Å². The Morgan fingerprint density at radius 3 is 2.68 bits per heavy atom. The second-order valence-electron chi connectivity index (χ2n) is 5.36. The molecule has 104 valence electrons. The number of carbonyl (C=O) groups is 1. The minimum atomic E-state index is -0.733. The van der Waals surface area contributed by atoms with E-state index in [-0.39, 0.29) is 11.9 Å². The number of hydrogen-bond acceptors (Lipinski definition) is 2. The van der Waals surface area contributed by atoms with Gasteiger partial charge >= 0.3 is 0 Å². The van der Waals surface area contributed by atoms with Crippen LogP contribution in [0.25, 0.3) is 0 Å². The number of nitrogens with one attached hydrogen (secondary N) is 1. The van der Waals surface area contributed by atoms with Crippen LogP contribution in [0.15, 0.2) is 18.2 Å². The van der Waals surface area contributed by atoms with Gasteiger partial charge in [0.1, 0.15) is 11.9 Å². The van der Waals surface area contributed by atoms with Gasteiger partial charge in [0.25, 0.3) is 0 Å². The highest BCUT2D eigenvalue weighted by Crippen LogP contribution is 2.23. The maximum absolute atomic E-state index is 13.9. The standard InChI is InChI=1S/C15H21FN2O/c1-10-7-8-13(16)12(9-10)14(15(17)19)18-11-5-3-2-4-6-11/h7-9,11,14,18H,2-6H2,1H3,(H2,17,19). The number of amides is 1. The molecule has 2 rings (SSSR count). The highest BCUT2D eigenvalue weighted by Gasteiger charge is 2.25. The van der Waals surface area contributed by atoms with Crippen LogP contribution in [0.2, 0.25) is 0 Å². The molecule has 0 bridgehead atoms. The number of benzene rings is 1. The number of hydrogen-bond donors (Lipinski definition) is 2. The van der Waals surface area contributed by atoms with Crippen LogP contribution in [0.5, 0.6) is 0 Å². The molecule has 3 N–H and O–H groups in total. The molecule has 1 aromatic rings. The van der Waals surface area contributed by atoms with Crippen LogP contribution in [0, 0.1) is 12.7 Å². The maximum atomic E-state index is 13.9. The van der Waals surface area contributed by atoms with Crippen LogP contribution in [0.4, 0.5) is 4.39 Å². The highest BCUT2D eigenvalue weighted by atomic mass is 19.1. The molecule has 1 amide bonds. The second-order valence-corrected chi connectivity index (χ2v) is 5.36. The quantitative estimate of drug-likeness (QED) is 0.878. The minimum absolute atomic E-state index is 0.256. The molecule has 1 aliphatic carbocycles. The molecule has 0 heterocycles. The highest BCUT2D eigenvalue weighted by molar-refractivity contribution is 5.81. The first-order valence-corrected chi connectivity index (χ1v) is 6.89. The Labute approximate surface area is 113 Å². The molecule has 0 saturated heterocycles. The lowest BCUT2D eigenvalue weighted by atomic mass is 9.93. The van der Waals surface area contributed by atoms with E-state index < -0.39 is 11.9 Å². The van der Waals surface area contributed by atoms with Gasteiger partial charge in [-0.25, -0.2) is 4.39 Å². The van der Waals surface area contributed by atoms with Crippen LogP contribution in [-0.2, 0) is 4.79 Å². The average molecular weight is 264 g/mol. The third-order valence-electron chi connectivity index (χ3n) is 3.75. The topological polar surface area (TPSA) is 55.1 Å². The van der Waals surface area contributed by atoms with Crippen molar-refractivity contribution in [2.24, 2.45) is 5.73 Å². The SMILES string of the molecule is Cc1ccc(F)c(C(NC2CCCCC2)C(N)=O)c1. The van der Waals surface area contributed by atoms with Crippen molar-refractivity contribution >= 4 is 5.91 Å². The Kier molecular flexibility index (Phi) is 4.53. The molecular formula is C15H21FN2O. The lowest BCUT2D eigenvalue weighted by Gasteiger charge is -2.27. The van der Waals surface area contributed by atoms with Gasteiger partial charge < -0.3 is 5.73 Å². The van der Waals surface area contributed by atoms with Gasteiger partial charge in [-0.15, -0.1) is 0 Å². The van der Waals surface area contributed by atoms with Gasteiger partial charge in [-0.1, -0.05) is 37.0 Å². The number of carbonyl (C=O) groups excluding carboxylic acids is 1. The summed E-state index contributed by atoms with van der Waals surface area (Å²) >= 11 is 0. The predicted octanol–water partition coefficient (Wildman–Crippen LogP) is 2.58. The molecule has 1 unspecified atom stereocenters. The molecule has 19 heavy (non-hydrogen) atoms. The minimum Gasteiger partial charge on any atom is -0.368 e. The van der Waals surface area contributed by atoms with E-state index in [0.717, 1.165) is 31.2 Å². The van der Waals surface area contributed by atoms with Crippen molar-refractivity contribution in [2.75, 3.05) is 0 Å². The van der Waals surface area contributed by atoms with Crippen LogP contribution in [-0.4, -0.2) is 11.9 Å². The Morgan fingerprint density at radius 2 is 2.05 bits per heavy atom. The van der Waals surface area contributed by atoms with E-state index in [2.05, 4.69) is 5.32 Å². The zero-order valence-corrected chi connectivity index (χ0v) is 11.3. The number of rotatable bonds is 4. The molecule has 0 aliphatic heterocycles. The normalized spacial score (nSPS) is 18.2. The second kappa shape index (κ2) is 6.15. The number of primary amides is 1. The van der Waals surface area contributed by atoms with E-state index in [1.54, 1.807) is 12.1 Å². The van der Waals surface area contributed by atoms with Crippen molar-refractivity contribution in [1.29, 1.82) is 0 Å². The molecule has 1 fully saturated rings. The van der Waals surface area contributed by atoms with Gasteiger partial charge in [0.05, 0.1) is 0 Å². The first kappa shape index (κ1) is 14.0. The number of nitrogens with two attached hydrogens (primary N) is 1.